The van der Waals surface area contributed by atoms with Gasteiger partial charge in [0.15, 0.2) is 5.96 Å². The van der Waals surface area contributed by atoms with Crippen LogP contribution in [0.4, 0.5) is 0 Å². The predicted octanol–water partition coefficient (Wildman–Crippen LogP) is -1.10. The Hall–Kier alpha value is -0.810. The quantitative estimate of drug-likeness (QED) is 0.342. The van der Waals surface area contributed by atoms with E-state index < -0.39 is 0 Å². The van der Waals surface area contributed by atoms with E-state index in [4.69, 9.17) is 11.5 Å². The summed E-state index contributed by atoms with van der Waals surface area (Å²) in [7, 11) is 2.16. The van der Waals surface area contributed by atoms with E-state index >= 15 is 0 Å². The maximum atomic E-state index is 5.24. The van der Waals surface area contributed by atoms with Crippen molar-refractivity contribution in [2.24, 2.45) is 16.5 Å². The van der Waals surface area contributed by atoms with Crippen molar-refractivity contribution in [1.29, 1.82) is 0 Å². The van der Waals surface area contributed by atoms with E-state index in [0.717, 1.165) is 19.5 Å². The van der Waals surface area contributed by atoms with Gasteiger partial charge in [-0.2, -0.15) is 0 Å². The van der Waals surface area contributed by atoms with E-state index in [1.165, 1.54) is 26.2 Å². The maximum absolute atomic E-state index is 5.24. The van der Waals surface area contributed by atoms with Crippen molar-refractivity contribution < 1.29 is 0 Å². The molecular weight excluding hydrogens is 178 g/mol. The van der Waals surface area contributed by atoms with E-state index in [-0.39, 0.29) is 5.96 Å². The van der Waals surface area contributed by atoms with E-state index in [0.29, 0.717) is 0 Å². The topological polar surface area (TPSA) is 70.9 Å². The molecule has 4 N–H and O–H groups in total. The fraction of sp³-hybridized carbons (Fsp3) is 0.889. The molecule has 1 fully saturated rings. The van der Waals surface area contributed by atoms with Crippen molar-refractivity contribution in [1.82, 2.24) is 9.80 Å². The second-order valence-electron chi connectivity index (χ2n) is 3.81. The molecule has 0 unspecified atom stereocenters. The molecule has 1 aliphatic rings. The molecule has 82 valence electrons. The van der Waals surface area contributed by atoms with Crippen molar-refractivity contribution in [3.05, 3.63) is 0 Å². The highest BCUT2D eigenvalue weighted by atomic mass is 15.2. The lowest BCUT2D eigenvalue weighted by molar-refractivity contribution is 0.153. The minimum atomic E-state index is 0.198. The molecule has 1 heterocycles. The van der Waals surface area contributed by atoms with Gasteiger partial charge < -0.3 is 21.3 Å². The lowest BCUT2D eigenvalue weighted by Crippen LogP contribution is -2.44. The summed E-state index contributed by atoms with van der Waals surface area (Å²) in [4.78, 5) is 8.77. The van der Waals surface area contributed by atoms with Gasteiger partial charge in [-0.15, -0.1) is 0 Å². The van der Waals surface area contributed by atoms with Crippen LogP contribution >= 0.6 is 0 Å². The average molecular weight is 199 g/mol. The molecule has 0 bridgehead atoms. The van der Waals surface area contributed by atoms with Gasteiger partial charge in [-0.1, -0.05) is 0 Å². The standard InChI is InChI=1S/C9H21N5/c1-13-5-7-14(8-6-13)4-2-3-12-9(10)11/h2-8H2,1H3,(H4,10,11,12). The zero-order valence-corrected chi connectivity index (χ0v) is 8.95. The number of piperazine rings is 1. The molecule has 0 aromatic rings. The Labute approximate surface area is 85.7 Å². The fourth-order valence-electron chi connectivity index (χ4n) is 1.57. The third kappa shape index (κ3) is 4.43. The van der Waals surface area contributed by atoms with Crippen LogP contribution in [0.15, 0.2) is 4.99 Å². The number of hydrogen-bond acceptors (Lipinski definition) is 3. The first-order valence-electron chi connectivity index (χ1n) is 5.15. The number of nitrogens with zero attached hydrogens (tertiary/aromatic N) is 3. The van der Waals surface area contributed by atoms with Crippen LogP contribution in [0.5, 0.6) is 0 Å². The molecule has 5 nitrogen and oxygen atoms in total. The van der Waals surface area contributed by atoms with Crippen LogP contribution in [0, 0.1) is 0 Å². The Balaban J connectivity index is 2.05. The normalized spacial score (nSPS) is 19.5. The summed E-state index contributed by atoms with van der Waals surface area (Å²) >= 11 is 0. The highest BCUT2D eigenvalue weighted by Crippen LogP contribution is 1.99. The largest absolute Gasteiger partial charge is 0.370 e. The monoisotopic (exact) mass is 199 g/mol. The highest BCUT2D eigenvalue weighted by Gasteiger charge is 2.12. The van der Waals surface area contributed by atoms with Crippen LogP contribution in [-0.4, -0.2) is 62.1 Å². The third-order valence-corrected chi connectivity index (χ3v) is 2.52. The first-order chi connectivity index (χ1) is 6.68. The number of likely N-dealkylation sites (N-methyl/N-ethyl adjacent to an activating group) is 1. The first-order valence-corrected chi connectivity index (χ1v) is 5.15. The Morgan fingerprint density at radius 2 is 1.86 bits per heavy atom. The number of guanidine groups is 1. The smallest absolute Gasteiger partial charge is 0.185 e. The van der Waals surface area contributed by atoms with Crippen LogP contribution < -0.4 is 11.5 Å². The summed E-state index contributed by atoms with van der Waals surface area (Å²) in [6, 6.07) is 0. The summed E-state index contributed by atoms with van der Waals surface area (Å²) in [5.74, 6) is 0.198. The summed E-state index contributed by atoms with van der Waals surface area (Å²) < 4.78 is 0. The number of aliphatic imine (C=N–C) groups is 1. The van der Waals surface area contributed by atoms with E-state index in [1.807, 2.05) is 0 Å². The maximum Gasteiger partial charge on any atom is 0.185 e. The van der Waals surface area contributed by atoms with Crippen LogP contribution in [0.1, 0.15) is 6.42 Å². The second kappa shape index (κ2) is 5.82. The lowest BCUT2D eigenvalue weighted by atomic mass is 10.3. The Morgan fingerprint density at radius 3 is 2.43 bits per heavy atom. The van der Waals surface area contributed by atoms with Gasteiger partial charge >= 0.3 is 0 Å². The van der Waals surface area contributed by atoms with Crippen molar-refractivity contribution in [3.63, 3.8) is 0 Å². The van der Waals surface area contributed by atoms with E-state index in [1.54, 1.807) is 0 Å². The summed E-state index contributed by atoms with van der Waals surface area (Å²) in [5.41, 5.74) is 10.5. The van der Waals surface area contributed by atoms with Crippen molar-refractivity contribution in [3.8, 4) is 0 Å². The predicted molar refractivity (Wildman–Crippen MR) is 59.2 cm³/mol. The zero-order valence-electron chi connectivity index (χ0n) is 8.95. The van der Waals surface area contributed by atoms with E-state index in [2.05, 4.69) is 21.8 Å². The summed E-state index contributed by atoms with van der Waals surface area (Å²) in [5, 5.41) is 0. The lowest BCUT2D eigenvalue weighted by Gasteiger charge is -2.32. The molecule has 1 saturated heterocycles. The third-order valence-electron chi connectivity index (χ3n) is 2.52. The van der Waals surface area contributed by atoms with Gasteiger partial charge in [-0.25, -0.2) is 0 Å². The van der Waals surface area contributed by atoms with Gasteiger partial charge in [0.25, 0.3) is 0 Å². The minimum absolute atomic E-state index is 0.198. The van der Waals surface area contributed by atoms with Gasteiger partial charge in [0.2, 0.25) is 0 Å². The zero-order chi connectivity index (χ0) is 10.4. The molecule has 14 heavy (non-hydrogen) atoms. The highest BCUT2D eigenvalue weighted by molar-refractivity contribution is 5.75. The first kappa shape index (κ1) is 11.3. The summed E-state index contributed by atoms with van der Waals surface area (Å²) in [6.07, 6.45) is 1.04. The fourth-order valence-corrected chi connectivity index (χ4v) is 1.57. The van der Waals surface area contributed by atoms with Gasteiger partial charge in [-0.3, -0.25) is 4.99 Å². The molecule has 1 rings (SSSR count). The van der Waals surface area contributed by atoms with E-state index in [9.17, 15) is 0 Å². The van der Waals surface area contributed by atoms with Crippen molar-refractivity contribution >= 4 is 5.96 Å². The van der Waals surface area contributed by atoms with Crippen molar-refractivity contribution in [2.45, 2.75) is 6.42 Å². The number of hydrogen-bond donors (Lipinski definition) is 2. The van der Waals surface area contributed by atoms with Crippen molar-refractivity contribution in [2.75, 3.05) is 46.3 Å². The molecule has 0 spiro atoms. The SMILES string of the molecule is CN1CCN(CCCN=C(N)N)CC1. The number of rotatable bonds is 4. The van der Waals surface area contributed by atoms with Gasteiger partial charge in [0, 0.05) is 39.3 Å². The molecule has 0 aromatic carbocycles. The molecule has 0 aliphatic carbocycles. The Morgan fingerprint density at radius 1 is 1.21 bits per heavy atom. The minimum Gasteiger partial charge on any atom is -0.370 e. The molecule has 0 aromatic heterocycles. The Bertz CT molecular complexity index is 180. The van der Waals surface area contributed by atoms with Gasteiger partial charge in [0.1, 0.15) is 0 Å². The average Bonchev–Trinajstić information content (AvgIpc) is 2.15. The molecule has 0 atom stereocenters. The Kier molecular flexibility index (Phi) is 4.69. The molecule has 0 amide bonds. The molecule has 0 saturated carbocycles. The second-order valence-corrected chi connectivity index (χ2v) is 3.81. The van der Waals surface area contributed by atoms with Crippen LogP contribution in [0.2, 0.25) is 0 Å². The van der Waals surface area contributed by atoms with Gasteiger partial charge in [0.05, 0.1) is 0 Å². The molecule has 1 aliphatic heterocycles. The molecule has 0 radical (unpaired) electrons. The van der Waals surface area contributed by atoms with Crippen LogP contribution in [0.3, 0.4) is 0 Å². The van der Waals surface area contributed by atoms with Gasteiger partial charge in [-0.05, 0) is 13.5 Å². The number of nitrogens with two attached hydrogens (primary N) is 2. The molecular formula is C9H21N5. The van der Waals surface area contributed by atoms with Crippen LogP contribution in [0.25, 0.3) is 0 Å². The molecule has 5 heteroatoms. The van der Waals surface area contributed by atoms with Crippen LogP contribution in [-0.2, 0) is 0 Å². The summed E-state index contributed by atoms with van der Waals surface area (Å²) in [6.45, 7) is 6.51.